The molecule has 3 aliphatic rings. The van der Waals surface area contributed by atoms with Crippen molar-refractivity contribution in [1.29, 1.82) is 0 Å². The predicted molar refractivity (Wildman–Crippen MR) is 103 cm³/mol. The molecule has 1 aromatic carbocycles. The molecule has 3 atom stereocenters. The van der Waals surface area contributed by atoms with Crippen LogP contribution in [0.2, 0.25) is 0 Å². The number of anilines is 1. The Balaban J connectivity index is 1.40. The van der Waals surface area contributed by atoms with Crippen LogP contribution in [0.15, 0.2) is 24.3 Å². The molecule has 0 bridgehead atoms. The fourth-order valence-electron chi connectivity index (χ4n) is 4.85. The molecule has 0 aromatic heterocycles. The number of ether oxygens (including phenoxy) is 1. The van der Waals surface area contributed by atoms with Crippen LogP contribution in [0.1, 0.15) is 38.7 Å². The molecule has 2 heterocycles. The Kier molecular flexibility index (Phi) is 5.04. The summed E-state index contributed by atoms with van der Waals surface area (Å²) in [6.07, 6.45) is 3.84. The molecule has 2 aliphatic heterocycles. The third kappa shape index (κ3) is 3.80. The van der Waals surface area contributed by atoms with E-state index in [4.69, 9.17) is 4.74 Å². The van der Waals surface area contributed by atoms with Crippen LogP contribution < -0.4 is 10.6 Å². The molecule has 1 spiro atoms. The van der Waals surface area contributed by atoms with E-state index in [9.17, 15) is 4.79 Å². The van der Waals surface area contributed by atoms with Gasteiger partial charge in [-0.05, 0) is 63.2 Å². The predicted octanol–water partition coefficient (Wildman–Crippen LogP) is 2.62. The van der Waals surface area contributed by atoms with E-state index in [0.29, 0.717) is 0 Å². The van der Waals surface area contributed by atoms with Crippen LogP contribution in [0, 0.1) is 11.3 Å². The van der Waals surface area contributed by atoms with Crippen LogP contribution >= 0.6 is 0 Å². The standard InChI is InChI=1S/C21H31N3O2/c1-15-12-24(13-16(2)26-15)14-17-5-3-4-6-19(17)23-20(25)18-11-21(18)7-9-22-10-8-21/h3-6,15-16,18,22H,7-14H2,1-2H3,(H,23,25). The van der Waals surface area contributed by atoms with Gasteiger partial charge in [-0.25, -0.2) is 0 Å². The Bertz CT molecular complexity index is 646. The third-order valence-corrected chi connectivity index (χ3v) is 6.27. The van der Waals surface area contributed by atoms with Gasteiger partial charge in [0.25, 0.3) is 0 Å². The molecule has 26 heavy (non-hydrogen) atoms. The first-order valence-electron chi connectivity index (χ1n) is 10.0. The number of nitrogens with zero attached hydrogens (tertiary/aromatic N) is 1. The minimum Gasteiger partial charge on any atom is -0.373 e. The second-order valence-corrected chi connectivity index (χ2v) is 8.47. The molecule has 2 N–H and O–H groups in total. The minimum absolute atomic E-state index is 0.195. The Labute approximate surface area is 156 Å². The topological polar surface area (TPSA) is 53.6 Å². The first kappa shape index (κ1) is 18.0. The minimum atomic E-state index is 0.195. The lowest BCUT2D eigenvalue weighted by atomic mass is 9.91. The molecular formula is C21H31N3O2. The van der Waals surface area contributed by atoms with Gasteiger partial charge in [0.2, 0.25) is 5.91 Å². The molecule has 4 rings (SSSR count). The number of benzene rings is 1. The summed E-state index contributed by atoms with van der Waals surface area (Å²) in [7, 11) is 0. The van der Waals surface area contributed by atoms with Crippen molar-refractivity contribution in [3.63, 3.8) is 0 Å². The molecule has 1 aromatic rings. The lowest BCUT2D eigenvalue weighted by Gasteiger charge is -2.35. The van der Waals surface area contributed by atoms with E-state index in [1.165, 1.54) is 5.56 Å². The number of amides is 1. The zero-order valence-corrected chi connectivity index (χ0v) is 16.0. The summed E-state index contributed by atoms with van der Waals surface area (Å²) in [5.74, 6) is 0.407. The number of nitrogens with one attached hydrogen (secondary N) is 2. The van der Waals surface area contributed by atoms with Gasteiger partial charge < -0.3 is 15.4 Å². The van der Waals surface area contributed by atoms with Crippen LogP contribution in [-0.2, 0) is 16.1 Å². The van der Waals surface area contributed by atoms with Gasteiger partial charge in [-0.3, -0.25) is 9.69 Å². The monoisotopic (exact) mass is 357 g/mol. The number of hydrogen-bond donors (Lipinski definition) is 2. The SMILES string of the molecule is CC1CN(Cc2ccccc2NC(=O)C2CC23CCNCC3)CC(C)O1. The molecule has 142 valence electrons. The summed E-state index contributed by atoms with van der Waals surface area (Å²) >= 11 is 0. The first-order valence-corrected chi connectivity index (χ1v) is 10.0. The van der Waals surface area contributed by atoms with Crippen molar-refractivity contribution in [2.75, 3.05) is 31.5 Å². The lowest BCUT2D eigenvalue weighted by molar-refractivity contribution is -0.118. The average molecular weight is 357 g/mol. The summed E-state index contributed by atoms with van der Waals surface area (Å²) < 4.78 is 5.84. The number of carbonyl (C=O) groups is 1. The second-order valence-electron chi connectivity index (χ2n) is 8.47. The van der Waals surface area contributed by atoms with Crippen molar-refractivity contribution in [2.45, 2.75) is 51.9 Å². The summed E-state index contributed by atoms with van der Waals surface area (Å²) in [4.78, 5) is 15.3. The van der Waals surface area contributed by atoms with Crippen LogP contribution in [0.5, 0.6) is 0 Å². The molecule has 1 amide bonds. The fourth-order valence-corrected chi connectivity index (χ4v) is 4.85. The van der Waals surface area contributed by atoms with Gasteiger partial charge in [0, 0.05) is 31.2 Å². The van der Waals surface area contributed by atoms with E-state index in [1.54, 1.807) is 0 Å². The average Bonchev–Trinajstić information content (AvgIpc) is 3.29. The van der Waals surface area contributed by atoms with Crippen LogP contribution in [0.4, 0.5) is 5.69 Å². The maximum Gasteiger partial charge on any atom is 0.228 e. The first-order chi connectivity index (χ1) is 12.6. The van der Waals surface area contributed by atoms with Crippen LogP contribution in [-0.4, -0.2) is 49.2 Å². The maximum atomic E-state index is 12.8. The number of piperidine rings is 1. The zero-order chi connectivity index (χ0) is 18.1. The normalized spacial score (nSPS) is 30.9. The van der Waals surface area contributed by atoms with E-state index in [2.05, 4.69) is 41.5 Å². The third-order valence-electron chi connectivity index (χ3n) is 6.27. The maximum absolute atomic E-state index is 12.8. The number of carbonyl (C=O) groups excluding carboxylic acids is 1. The Morgan fingerprint density at radius 1 is 1.23 bits per heavy atom. The van der Waals surface area contributed by atoms with Gasteiger partial charge in [-0.2, -0.15) is 0 Å². The Hall–Kier alpha value is -1.43. The van der Waals surface area contributed by atoms with Crippen molar-refractivity contribution in [1.82, 2.24) is 10.2 Å². The van der Waals surface area contributed by atoms with Gasteiger partial charge >= 0.3 is 0 Å². The van der Waals surface area contributed by atoms with Crippen molar-refractivity contribution in [2.24, 2.45) is 11.3 Å². The van der Waals surface area contributed by atoms with Gasteiger partial charge in [0.15, 0.2) is 0 Å². The van der Waals surface area contributed by atoms with Crippen molar-refractivity contribution in [3.05, 3.63) is 29.8 Å². The van der Waals surface area contributed by atoms with E-state index < -0.39 is 0 Å². The fraction of sp³-hybridized carbons (Fsp3) is 0.667. The quantitative estimate of drug-likeness (QED) is 0.870. The van der Waals surface area contributed by atoms with E-state index in [1.807, 2.05) is 12.1 Å². The Morgan fingerprint density at radius 3 is 2.65 bits per heavy atom. The van der Waals surface area contributed by atoms with Crippen LogP contribution in [0.3, 0.4) is 0 Å². The van der Waals surface area contributed by atoms with Crippen LogP contribution in [0.25, 0.3) is 0 Å². The summed E-state index contributed by atoms with van der Waals surface area (Å²) in [6, 6.07) is 8.24. The van der Waals surface area contributed by atoms with E-state index in [0.717, 1.165) is 57.7 Å². The van der Waals surface area contributed by atoms with Gasteiger partial charge in [-0.15, -0.1) is 0 Å². The molecule has 3 fully saturated rings. The number of para-hydroxylation sites is 1. The number of hydrogen-bond acceptors (Lipinski definition) is 4. The number of rotatable bonds is 4. The molecule has 2 saturated heterocycles. The Morgan fingerprint density at radius 2 is 1.92 bits per heavy atom. The molecule has 1 aliphatic carbocycles. The summed E-state index contributed by atoms with van der Waals surface area (Å²) in [5.41, 5.74) is 2.45. The highest BCUT2D eigenvalue weighted by Crippen LogP contribution is 2.58. The highest BCUT2D eigenvalue weighted by Gasteiger charge is 2.57. The number of morpholine rings is 1. The van der Waals surface area contributed by atoms with E-state index in [-0.39, 0.29) is 29.4 Å². The highest BCUT2D eigenvalue weighted by molar-refractivity contribution is 5.95. The van der Waals surface area contributed by atoms with Crippen molar-refractivity contribution >= 4 is 11.6 Å². The summed E-state index contributed by atoms with van der Waals surface area (Å²) in [5, 5.41) is 6.64. The molecule has 0 radical (unpaired) electrons. The zero-order valence-electron chi connectivity index (χ0n) is 16.0. The van der Waals surface area contributed by atoms with E-state index >= 15 is 0 Å². The lowest BCUT2D eigenvalue weighted by Crippen LogP contribution is -2.44. The smallest absolute Gasteiger partial charge is 0.228 e. The molecule has 5 nitrogen and oxygen atoms in total. The summed E-state index contributed by atoms with van der Waals surface area (Å²) in [6.45, 7) is 9.08. The molecule has 3 unspecified atom stereocenters. The largest absolute Gasteiger partial charge is 0.373 e. The van der Waals surface area contributed by atoms with Crippen molar-refractivity contribution in [3.8, 4) is 0 Å². The van der Waals surface area contributed by atoms with Crippen molar-refractivity contribution < 1.29 is 9.53 Å². The molecule has 5 heteroatoms. The van der Waals surface area contributed by atoms with Gasteiger partial charge in [-0.1, -0.05) is 18.2 Å². The molecule has 1 saturated carbocycles. The second kappa shape index (κ2) is 7.29. The molecular weight excluding hydrogens is 326 g/mol. The van der Waals surface area contributed by atoms with Gasteiger partial charge in [0.1, 0.15) is 0 Å². The van der Waals surface area contributed by atoms with Gasteiger partial charge in [0.05, 0.1) is 12.2 Å². The highest BCUT2D eigenvalue weighted by atomic mass is 16.5.